The smallest absolute Gasteiger partial charge is 0.316 e. The molecular weight excluding hydrogens is 352 g/mol. The van der Waals surface area contributed by atoms with Crippen LogP contribution < -0.4 is 10.1 Å². The molecular formula is C19H22N2O4S. The van der Waals surface area contributed by atoms with Gasteiger partial charge in [0.25, 0.3) is 0 Å². The van der Waals surface area contributed by atoms with Gasteiger partial charge in [0.2, 0.25) is 5.91 Å². The van der Waals surface area contributed by atoms with Gasteiger partial charge in [-0.15, -0.1) is 0 Å². The number of rotatable bonds is 7. The molecule has 0 saturated carbocycles. The lowest BCUT2D eigenvalue weighted by Crippen LogP contribution is -2.31. The molecule has 0 radical (unpaired) electrons. The van der Waals surface area contributed by atoms with Crippen molar-refractivity contribution in [1.82, 2.24) is 5.32 Å². The van der Waals surface area contributed by atoms with Crippen molar-refractivity contribution in [1.29, 1.82) is 5.26 Å². The number of allylic oxidation sites excluding steroid dienone is 1. The first-order chi connectivity index (χ1) is 12.4. The van der Waals surface area contributed by atoms with E-state index in [1.165, 1.54) is 0 Å². The minimum atomic E-state index is -0.382. The Kier molecular flexibility index (Phi) is 7.10. The van der Waals surface area contributed by atoms with Crippen molar-refractivity contribution < 1.29 is 19.1 Å². The molecule has 1 aliphatic rings. The van der Waals surface area contributed by atoms with Gasteiger partial charge in [-0.2, -0.15) is 5.26 Å². The average Bonchev–Trinajstić information content (AvgIpc) is 2.60. The Bertz CT molecular complexity index is 735. The molecule has 0 aliphatic carbocycles. The first kappa shape index (κ1) is 19.9. The third-order valence-corrected chi connectivity index (χ3v) is 4.64. The second-order valence-electron chi connectivity index (χ2n) is 5.99. The fraction of sp³-hybridized carbons (Fsp3) is 0.421. The van der Waals surface area contributed by atoms with Gasteiger partial charge in [-0.05, 0) is 38.5 Å². The number of hydrogen-bond acceptors (Lipinski definition) is 6. The normalized spacial score (nSPS) is 16.9. The summed E-state index contributed by atoms with van der Waals surface area (Å²) >= 11 is 1.12. The predicted octanol–water partition coefficient (Wildman–Crippen LogP) is 3.11. The zero-order valence-corrected chi connectivity index (χ0v) is 15.9. The summed E-state index contributed by atoms with van der Waals surface area (Å²) in [4.78, 5) is 23.8. The van der Waals surface area contributed by atoms with Crippen LogP contribution in [0.15, 0.2) is 34.9 Å². The number of carbonyl (C=O) groups excluding carboxylic acids is 2. The SMILES string of the molecule is CCOc1ccc([C@H]2CC(=O)NC(SCC(=O)OC(C)C)=C2C#N)cc1. The second kappa shape index (κ2) is 9.30. The maximum atomic E-state index is 12.1. The summed E-state index contributed by atoms with van der Waals surface area (Å²) in [5.41, 5.74) is 1.32. The van der Waals surface area contributed by atoms with E-state index in [1.807, 2.05) is 31.2 Å². The largest absolute Gasteiger partial charge is 0.494 e. The maximum absolute atomic E-state index is 12.1. The molecule has 0 unspecified atom stereocenters. The molecule has 0 fully saturated rings. The second-order valence-corrected chi connectivity index (χ2v) is 6.97. The fourth-order valence-electron chi connectivity index (χ4n) is 2.61. The van der Waals surface area contributed by atoms with Crippen molar-refractivity contribution in [3.05, 3.63) is 40.4 Å². The van der Waals surface area contributed by atoms with E-state index in [0.717, 1.165) is 23.1 Å². The van der Waals surface area contributed by atoms with Crippen LogP contribution in [-0.2, 0) is 14.3 Å². The number of esters is 1. The van der Waals surface area contributed by atoms with E-state index in [-0.39, 0.29) is 36.1 Å². The molecule has 26 heavy (non-hydrogen) atoms. The average molecular weight is 374 g/mol. The van der Waals surface area contributed by atoms with Gasteiger partial charge in [0.15, 0.2) is 0 Å². The Labute approximate surface area is 157 Å². The van der Waals surface area contributed by atoms with E-state index in [2.05, 4.69) is 11.4 Å². The molecule has 1 heterocycles. The van der Waals surface area contributed by atoms with Crippen LogP contribution in [0.4, 0.5) is 0 Å². The Morgan fingerprint density at radius 3 is 2.65 bits per heavy atom. The molecule has 2 rings (SSSR count). The molecule has 0 aromatic heterocycles. The Hall–Kier alpha value is -2.46. The Morgan fingerprint density at radius 2 is 2.08 bits per heavy atom. The third-order valence-electron chi connectivity index (χ3n) is 3.65. The van der Waals surface area contributed by atoms with Crippen LogP contribution in [0, 0.1) is 11.3 Å². The molecule has 1 atom stereocenters. The van der Waals surface area contributed by atoms with Gasteiger partial charge >= 0.3 is 5.97 Å². The van der Waals surface area contributed by atoms with E-state index in [4.69, 9.17) is 9.47 Å². The van der Waals surface area contributed by atoms with Gasteiger partial charge in [-0.25, -0.2) is 0 Å². The zero-order chi connectivity index (χ0) is 19.1. The highest BCUT2D eigenvalue weighted by molar-refractivity contribution is 8.03. The number of carbonyl (C=O) groups is 2. The number of nitrogens with zero attached hydrogens (tertiary/aromatic N) is 1. The fourth-order valence-corrected chi connectivity index (χ4v) is 3.47. The van der Waals surface area contributed by atoms with Crippen LogP contribution in [0.2, 0.25) is 0 Å². The molecule has 7 heteroatoms. The maximum Gasteiger partial charge on any atom is 0.316 e. The first-order valence-electron chi connectivity index (χ1n) is 8.43. The van der Waals surface area contributed by atoms with Crippen molar-refractivity contribution >= 4 is 23.6 Å². The summed E-state index contributed by atoms with van der Waals surface area (Å²) in [6, 6.07) is 9.57. The van der Waals surface area contributed by atoms with Crippen LogP contribution in [-0.4, -0.2) is 30.3 Å². The quantitative estimate of drug-likeness (QED) is 0.738. The van der Waals surface area contributed by atoms with Crippen LogP contribution >= 0.6 is 11.8 Å². The van der Waals surface area contributed by atoms with E-state index in [0.29, 0.717) is 17.2 Å². The third kappa shape index (κ3) is 5.27. The summed E-state index contributed by atoms with van der Waals surface area (Å²) in [5, 5.41) is 12.7. The molecule has 0 spiro atoms. The summed E-state index contributed by atoms with van der Waals surface area (Å²) < 4.78 is 10.5. The van der Waals surface area contributed by atoms with E-state index < -0.39 is 0 Å². The molecule has 1 amide bonds. The van der Waals surface area contributed by atoms with E-state index in [1.54, 1.807) is 13.8 Å². The minimum absolute atomic E-state index is 0.0367. The van der Waals surface area contributed by atoms with Gasteiger partial charge in [-0.1, -0.05) is 23.9 Å². The summed E-state index contributed by atoms with van der Waals surface area (Å²) in [5.74, 6) is -0.123. The lowest BCUT2D eigenvalue weighted by molar-refractivity contribution is -0.144. The first-order valence-corrected chi connectivity index (χ1v) is 9.42. The van der Waals surface area contributed by atoms with E-state index >= 15 is 0 Å². The lowest BCUT2D eigenvalue weighted by Gasteiger charge is -2.25. The standard InChI is InChI=1S/C19H22N2O4S/c1-4-24-14-7-5-13(6-8-14)15-9-17(22)21-19(16(15)10-20)26-11-18(23)25-12(2)3/h5-8,12,15H,4,9,11H2,1-3H3,(H,21,22)/t15-/m1/s1. The molecule has 1 aliphatic heterocycles. The number of ether oxygens (including phenoxy) is 2. The molecule has 6 nitrogen and oxygen atoms in total. The highest BCUT2D eigenvalue weighted by Gasteiger charge is 2.30. The predicted molar refractivity (Wildman–Crippen MR) is 99.4 cm³/mol. The summed E-state index contributed by atoms with van der Waals surface area (Å²) in [7, 11) is 0. The molecule has 0 saturated heterocycles. The highest BCUT2D eigenvalue weighted by Crippen LogP contribution is 2.36. The van der Waals surface area contributed by atoms with Crippen molar-refractivity contribution in [2.45, 2.75) is 39.2 Å². The Balaban J connectivity index is 2.21. The van der Waals surface area contributed by atoms with Crippen LogP contribution in [0.5, 0.6) is 5.75 Å². The molecule has 138 valence electrons. The summed E-state index contributed by atoms with van der Waals surface area (Å²) in [6.07, 6.45) is -0.0118. The molecule has 1 N–H and O–H groups in total. The van der Waals surface area contributed by atoms with Gasteiger partial charge in [-0.3, -0.25) is 9.59 Å². The number of nitrogens with one attached hydrogen (secondary N) is 1. The van der Waals surface area contributed by atoms with Gasteiger partial charge in [0.05, 0.1) is 35.1 Å². The van der Waals surface area contributed by atoms with E-state index in [9.17, 15) is 14.9 Å². The van der Waals surface area contributed by atoms with Gasteiger partial charge in [0, 0.05) is 12.3 Å². The number of amides is 1. The highest BCUT2D eigenvalue weighted by atomic mass is 32.2. The van der Waals surface area contributed by atoms with Crippen molar-refractivity contribution in [2.24, 2.45) is 0 Å². The van der Waals surface area contributed by atoms with Gasteiger partial charge < -0.3 is 14.8 Å². The molecule has 0 bridgehead atoms. The number of nitriles is 1. The number of thioether (sulfide) groups is 1. The molecule has 1 aromatic rings. The van der Waals surface area contributed by atoms with Crippen molar-refractivity contribution in [3.8, 4) is 11.8 Å². The lowest BCUT2D eigenvalue weighted by atomic mass is 9.87. The van der Waals surface area contributed by atoms with Crippen molar-refractivity contribution in [3.63, 3.8) is 0 Å². The van der Waals surface area contributed by atoms with Crippen LogP contribution in [0.3, 0.4) is 0 Å². The number of benzene rings is 1. The van der Waals surface area contributed by atoms with Gasteiger partial charge in [0.1, 0.15) is 5.75 Å². The van der Waals surface area contributed by atoms with Crippen LogP contribution in [0.25, 0.3) is 0 Å². The molecule has 1 aromatic carbocycles. The monoisotopic (exact) mass is 374 g/mol. The summed E-state index contributed by atoms with van der Waals surface area (Å²) in [6.45, 7) is 6.02. The van der Waals surface area contributed by atoms with Crippen molar-refractivity contribution in [2.75, 3.05) is 12.4 Å². The minimum Gasteiger partial charge on any atom is -0.494 e. The zero-order valence-electron chi connectivity index (χ0n) is 15.1. The van der Waals surface area contributed by atoms with Crippen LogP contribution in [0.1, 0.15) is 38.7 Å². The number of hydrogen-bond donors (Lipinski definition) is 1. The Morgan fingerprint density at radius 1 is 1.38 bits per heavy atom. The topological polar surface area (TPSA) is 88.4 Å².